The predicted octanol–water partition coefficient (Wildman–Crippen LogP) is 7.65. The van der Waals surface area contributed by atoms with Crippen molar-refractivity contribution in [3.63, 3.8) is 0 Å². The Bertz CT molecular complexity index is 1120. The van der Waals surface area contributed by atoms with Gasteiger partial charge in [0.2, 0.25) is 0 Å². The molecule has 0 bridgehead atoms. The van der Waals surface area contributed by atoms with Crippen LogP contribution < -0.4 is 9.74 Å². The molecule has 5 nitrogen and oxygen atoms in total. The highest BCUT2D eigenvalue weighted by molar-refractivity contribution is 6.78. The molecular weight excluding hydrogens is 449 g/mol. The van der Waals surface area contributed by atoms with Gasteiger partial charge in [-0.2, -0.15) is 13.2 Å². The minimum Gasteiger partial charge on any atom is -0.543 e. The van der Waals surface area contributed by atoms with Gasteiger partial charge in [-0.3, -0.25) is 4.79 Å². The molecule has 0 aliphatic rings. The van der Waals surface area contributed by atoms with Crippen LogP contribution >= 0.6 is 0 Å². The van der Waals surface area contributed by atoms with Crippen molar-refractivity contribution in [2.75, 3.05) is 5.32 Å². The highest BCUT2D eigenvalue weighted by Crippen LogP contribution is 2.43. The maximum absolute atomic E-state index is 12.9. The molecule has 0 radical (unpaired) electrons. The van der Waals surface area contributed by atoms with E-state index in [1.807, 2.05) is 0 Å². The Labute approximate surface area is 192 Å². The summed E-state index contributed by atoms with van der Waals surface area (Å²) < 4.78 is 50.8. The summed E-state index contributed by atoms with van der Waals surface area (Å²) in [6.45, 7) is 13.1. The highest BCUT2D eigenvalue weighted by Gasteiger charge is 2.47. The molecule has 0 aliphatic heterocycles. The number of aromatic nitrogens is 1. The van der Waals surface area contributed by atoms with Gasteiger partial charge in [-0.1, -0.05) is 52.8 Å². The van der Waals surface area contributed by atoms with Crippen LogP contribution in [0.1, 0.15) is 57.6 Å². The summed E-state index contributed by atoms with van der Waals surface area (Å²) in [7, 11) is -2.18. The van der Waals surface area contributed by atoms with E-state index in [-0.39, 0.29) is 11.4 Å². The molecule has 0 atom stereocenters. The van der Waals surface area contributed by atoms with Crippen LogP contribution in [0.3, 0.4) is 0 Å². The molecule has 0 spiro atoms. The quantitative estimate of drug-likeness (QED) is 0.354. The van der Waals surface area contributed by atoms with Gasteiger partial charge in [0.25, 0.3) is 14.2 Å². The van der Waals surface area contributed by atoms with E-state index in [0.717, 1.165) is 12.1 Å². The average molecular weight is 479 g/mol. The van der Waals surface area contributed by atoms with E-state index < -0.39 is 26.0 Å². The molecule has 1 aromatic heterocycles. The number of halogens is 3. The molecule has 0 saturated heterocycles. The number of alkyl halides is 3. The highest BCUT2D eigenvalue weighted by atomic mass is 28.4. The second-order valence-electron chi connectivity index (χ2n) is 9.14. The van der Waals surface area contributed by atoms with Crippen molar-refractivity contribution >= 4 is 30.9 Å². The van der Waals surface area contributed by atoms with Crippen molar-refractivity contribution in [1.82, 2.24) is 5.16 Å². The number of fused-ring (bicyclic) bond motifs is 1. The van der Waals surface area contributed by atoms with Crippen LogP contribution in [0.25, 0.3) is 11.0 Å². The molecule has 1 heterocycles. The van der Waals surface area contributed by atoms with Gasteiger partial charge in [-0.05, 0) is 47.0 Å². The van der Waals surface area contributed by atoms with E-state index in [2.05, 4.69) is 52.0 Å². The van der Waals surface area contributed by atoms with Gasteiger partial charge in [-0.25, -0.2) is 0 Å². The maximum atomic E-state index is 12.9. The van der Waals surface area contributed by atoms with Gasteiger partial charge >= 0.3 is 6.18 Å². The molecule has 9 heteroatoms. The number of nitrogens with one attached hydrogen (secondary N) is 1. The lowest BCUT2D eigenvalue weighted by molar-refractivity contribution is -0.137. The fourth-order valence-electron chi connectivity index (χ4n) is 4.67. The summed E-state index contributed by atoms with van der Waals surface area (Å²) in [6, 6.07) is 9.64. The van der Waals surface area contributed by atoms with Gasteiger partial charge in [0.15, 0.2) is 11.3 Å². The maximum Gasteiger partial charge on any atom is 0.416 e. The number of hydrogen-bond donors (Lipinski definition) is 1. The van der Waals surface area contributed by atoms with E-state index in [4.69, 9.17) is 8.95 Å². The number of rotatable bonds is 7. The second kappa shape index (κ2) is 9.21. The Hall–Kier alpha value is -2.81. The SMILES string of the molecule is CC(C)[Si](Oc1ccc2c(C(=O)Nc3cccc(C(F)(F)F)c3)noc2c1)(C(C)C)C(C)C. The van der Waals surface area contributed by atoms with E-state index in [0.29, 0.717) is 33.3 Å². The Morgan fingerprint density at radius 2 is 1.64 bits per heavy atom. The van der Waals surface area contributed by atoms with Crippen molar-refractivity contribution in [2.24, 2.45) is 0 Å². The lowest BCUT2D eigenvalue weighted by atomic mass is 10.1. The van der Waals surface area contributed by atoms with Crippen LogP contribution in [-0.2, 0) is 6.18 Å². The van der Waals surface area contributed by atoms with Gasteiger partial charge in [0.05, 0.1) is 10.9 Å². The zero-order valence-corrected chi connectivity index (χ0v) is 20.6. The first kappa shape index (κ1) is 24.8. The van der Waals surface area contributed by atoms with E-state index in [9.17, 15) is 18.0 Å². The summed E-state index contributed by atoms with van der Waals surface area (Å²) in [6.07, 6.45) is -4.50. The third-order valence-electron chi connectivity index (χ3n) is 6.11. The monoisotopic (exact) mass is 478 g/mol. The van der Waals surface area contributed by atoms with E-state index in [1.54, 1.807) is 18.2 Å². The minimum absolute atomic E-state index is 0.00551. The van der Waals surface area contributed by atoms with Gasteiger partial charge in [0, 0.05) is 11.8 Å². The van der Waals surface area contributed by atoms with Crippen LogP contribution in [0.5, 0.6) is 5.75 Å². The fourth-order valence-corrected chi connectivity index (χ4v) is 9.91. The first-order valence-corrected chi connectivity index (χ1v) is 13.1. The molecule has 1 N–H and O–H groups in total. The number of anilines is 1. The number of nitrogens with zero attached hydrogens (tertiary/aromatic N) is 1. The van der Waals surface area contributed by atoms with Crippen LogP contribution in [-0.4, -0.2) is 19.4 Å². The largest absolute Gasteiger partial charge is 0.543 e. The van der Waals surface area contributed by atoms with Crippen LogP contribution in [0.2, 0.25) is 16.6 Å². The van der Waals surface area contributed by atoms with Crippen LogP contribution in [0.15, 0.2) is 47.0 Å². The van der Waals surface area contributed by atoms with Crippen LogP contribution in [0, 0.1) is 0 Å². The van der Waals surface area contributed by atoms with Crippen LogP contribution in [0.4, 0.5) is 18.9 Å². The average Bonchev–Trinajstić information content (AvgIpc) is 3.14. The summed E-state index contributed by atoms with van der Waals surface area (Å²) in [4.78, 5) is 12.7. The normalized spacial score (nSPS) is 12.7. The lowest BCUT2D eigenvalue weighted by Crippen LogP contribution is -2.50. The molecular formula is C24H29F3N2O3Si. The van der Waals surface area contributed by atoms with Crippen molar-refractivity contribution in [3.8, 4) is 5.75 Å². The van der Waals surface area contributed by atoms with Crippen molar-refractivity contribution < 1.29 is 26.9 Å². The van der Waals surface area contributed by atoms with Crippen molar-refractivity contribution in [3.05, 3.63) is 53.7 Å². The minimum atomic E-state index is -4.50. The fraction of sp³-hybridized carbons (Fsp3) is 0.417. The number of hydrogen-bond acceptors (Lipinski definition) is 4. The third-order valence-corrected chi connectivity index (χ3v) is 12.1. The number of carbonyl (C=O) groups is 1. The summed E-state index contributed by atoms with van der Waals surface area (Å²) >= 11 is 0. The van der Waals surface area contributed by atoms with Gasteiger partial charge in [-0.15, -0.1) is 0 Å². The summed E-state index contributed by atoms with van der Waals surface area (Å²) in [5.41, 5.74) is 0.702. The second-order valence-corrected chi connectivity index (χ2v) is 14.5. The third kappa shape index (κ3) is 4.92. The van der Waals surface area contributed by atoms with Crippen molar-refractivity contribution in [2.45, 2.75) is 64.3 Å². The van der Waals surface area contributed by atoms with Crippen molar-refractivity contribution in [1.29, 1.82) is 0 Å². The lowest BCUT2D eigenvalue weighted by Gasteiger charge is -2.42. The zero-order valence-electron chi connectivity index (χ0n) is 19.6. The molecule has 2 aromatic carbocycles. The molecule has 0 unspecified atom stereocenters. The van der Waals surface area contributed by atoms with Gasteiger partial charge < -0.3 is 14.3 Å². The Morgan fingerprint density at radius 1 is 1.00 bits per heavy atom. The smallest absolute Gasteiger partial charge is 0.416 e. The van der Waals surface area contributed by atoms with E-state index in [1.165, 1.54) is 12.1 Å². The molecule has 0 fully saturated rings. The molecule has 33 heavy (non-hydrogen) atoms. The summed E-state index contributed by atoms with van der Waals surface area (Å²) in [5, 5.41) is 6.77. The predicted molar refractivity (Wildman–Crippen MR) is 125 cm³/mol. The standard InChI is InChI=1S/C24H29F3N2O3Si/c1-14(2)33(15(3)4,16(5)6)32-19-10-11-20-21(13-19)31-29-22(20)23(30)28-18-9-7-8-17(12-18)24(25,26)27/h7-16H,1-6H3,(H,28,30). The van der Waals surface area contributed by atoms with Gasteiger partial charge in [0.1, 0.15) is 5.75 Å². The first-order chi connectivity index (χ1) is 15.4. The number of amides is 1. The molecule has 1 amide bonds. The topological polar surface area (TPSA) is 64.4 Å². The Kier molecular flexibility index (Phi) is 6.93. The summed E-state index contributed by atoms with van der Waals surface area (Å²) in [5.74, 6) is 0.00302. The zero-order chi connectivity index (χ0) is 24.6. The molecule has 178 valence electrons. The molecule has 0 aliphatic carbocycles. The van der Waals surface area contributed by atoms with E-state index >= 15 is 0 Å². The number of benzene rings is 2. The Morgan fingerprint density at radius 3 is 2.21 bits per heavy atom. The Balaban J connectivity index is 1.88. The number of carbonyl (C=O) groups excluding carboxylic acids is 1. The molecule has 0 saturated carbocycles. The molecule has 3 rings (SSSR count). The molecule has 3 aromatic rings. The first-order valence-electron chi connectivity index (χ1n) is 10.9.